The van der Waals surface area contributed by atoms with Crippen LogP contribution in [-0.4, -0.2) is 43.0 Å². The molecular weight excluding hydrogens is 230 g/mol. The second-order valence-electron chi connectivity index (χ2n) is 4.57. The molecule has 5 nitrogen and oxygen atoms in total. The molecule has 2 rings (SSSR count). The van der Waals surface area contributed by atoms with Crippen molar-refractivity contribution in [1.29, 1.82) is 0 Å². The first-order chi connectivity index (χ1) is 8.92. The fourth-order valence-corrected chi connectivity index (χ4v) is 2.22. The van der Waals surface area contributed by atoms with E-state index in [0.29, 0.717) is 13.2 Å². The highest BCUT2D eigenvalue weighted by atomic mass is 16.5. The average Bonchev–Trinajstić information content (AvgIpc) is 2.81. The van der Waals surface area contributed by atoms with Crippen molar-refractivity contribution < 1.29 is 9.47 Å². The molecule has 0 saturated heterocycles. The van der Waals surface area contributed by atoms with Crippen molar-refractivity contribution in [2.75, 3.05) is 33.5 Å². The normalized spacial score (nSPS) is 14.7. The number of methoxy groups -OCH3 is 1. The SMILES string of the molecule is COCCOCCCCn1cnc2c1CCNC2. The van der Waals surface area contributed by atoms with E-state index in [-0.39, 0.29) is 0 Å². The van der Waals surface area contributed by atoms with Crippen LogP contribution in [0.15, 0.2) is 6.33 Å². The van der Waals surface area contributed by atoms with E-state index >= 15 is 0 Å². The maximum Gasteiger partial charge on any atom is 0.0952 e. The molecule has 1 aromatic rings. The molecule has 0 unspecified atom stereocenters. The zero-order valence-corrected chi connectivity index (χ0v) is 11.2. The van der Waals surface area contributed by atoms with Gasteiger partial charge in [0.2, 0.25) is 0 Å². The summed E-state index contributed by atoms with van der Waals surface area (Å²) in [6.45, 7) is 5.24. The Morgan fingerprint density at radius 3 is 3.17 bits per heavy atom. The standard InChI is InChI=1S/C13H23N3O2/c1-17-8-9-18-7-3-2-6-16-11-15-12-10-14-5-4-13(12)16/h11,14H,2-10H2,1H3. The predicted molar refractivity (Wildman–Crippen MR) is 69.6 cm³/mol. The second-order valence-corrected chi connectivity index (χ2v) is 4.57. The van der Waals surface area contributed by atoms with Crippen molar-refractivity contribution in [1.82, 2.24) is 14.9 Å². The Labute approximate surface area is 108 Å². The van der Waals surface area contributed by atoms with Crippen LogP contribution in [-0.2, 0) is 29.0 Å². The highest BCUT2D eigenvalue weighted by molar-refractivity contribution is 5.16. The largest absolute Gasteiger partial charge is 0.382 e. The quantitative estimate of drug-likeness (QED) is 0.701. The second kappa shape index (κ2) is 7.51. The number of hydrogen-bond donors (Lipinski definition) is 1. The summed E-state index contributed by atoms with van der Waals surface area (Å²) in [6.07, 6.45) is 5.31. The summed E-state index contributed by atoms with van der Waals surface area (Å²) in [4.78, 5) is 4.45. The zero-order chi connectivity index (χ0) is 12.6. The molecule has 1 aromatic heterocycles. The Hall–Kier alpha value is -0.910. The third-order valence-corrected chi connectivity index (χ3v) is 3.23. The number of nitrogens with zero attached hydrogens (tertiary/aromatic N) is 2. The monoisotopic (exact) mass is 253 g/mol. The molecule has 1 aliphatic heterocycles. The number of aromatic nitrogens is 2. The van der Waals surface area contributed by atoms with Crippen LogP contribution in [0, 0.1) is 0 Å². The summed E-state index contributed by atoms with van der Waals surface area (Å²) in [5.41, 5.74) is 2.63. The van der Waals surface area contributed by atoms with Gasteiger partial charge in [0.05, 0.1) is 25.2 Å². The fraction of sp³-hybridized carbons (Fsp3) is 0.769. The molecule has 102 valence electrons. The summed E-state index contributed by atoms with van der Waals surface area (Å²) in [7, 11) is 1.69. The van der Waals surface area contributed by atoms with Gasteiger partial charge < -0.3 is 19.4 Å². The molecule has 5 heteroatoms. The van der Waals surface area contributed by atoms with E-state index in [1.807, 2.05) is 6.33 Å². The van der Waals surface area contributed by atoms with Gasteiger partial charge in [-0.05, 0) is 12.8 Å². The molecule has 0 aliphatic carbocycles. The zero-order valence-electron chi connectivity index (χ0n) is 11.2. The van der Waals surface area contributed by atoms with E-state index in [0.717, 1.165) is 45.5 Å². The number of imidazole rings is 1. The van der Waals surface area contributed by atoms with Crippen LogP contribution in [0.3, 0.4) is 0 Å². The number of nitrogens with one attached hydrogen (secondary N) is 1. The van der Waals surface area contributed by atoms with E-state index in [9.17, 15) is 0 Å². The number of aryl methyl sites for hydroxylation is 1. The van der Waals surface area contributed by atoms with Crippen LogP contribution in [0.5, 0.6) is 0 Å². The van der Waals surface area contributed by atoms with E-state index in [1.165, 1.54) is 11.4 Å². The van der Waals surface area contributed by atoms with Gasteiger partial charge in [0.25, 0.3) is 0 Å². The minimum Gasteiger partial charge on any atom is -0.382 e. The number of ether oxygens (including phenoxy) is 2. The summed E-state index contributed by atoms with van der Waals surface area (Å²) in [5.74, 6) is 0. The Kier molecular flexibility index (Phi) is 5.64. The third kappa shape index (κ3) is 3.80. The third-order valence-electron chi connectivity index (χ3n) is 3.23. The molecule has 0 aromatic carbocycles. The number of fused-ring (bicyclic) bond motifs is 1. The Balaban J connectivity index is 1.63. The van der Waals surface area contributed by atoms with Crippen LogP contribution in [0.4, 0.5) is 0 Å². The summed E-state index contributed by atoms with van der Waals surface area (Å²) < 4.78 is 12.7. The molecule has 2 heterocycles. The van der Waals surface area contributed by atoms with Crippen LogP contribution < -0.4 is 5.32 Å². The maximum atomic E-state index is 5.45. The molecule has 1 N–H and O–H groups in total. The Morgan fingerprint density at radius 2 is 2.28 bits per heavy atom. The average molecular weight is 253 g/mol. The molecule has 0 saturated carbocycles. The van der Waals surface area contributed by atoms with Gasteiger partial charge in [-0.1, -0.05) is 0 Å². The molecule has 0 spiro atoms. The molecule has 1 aliphatic rings. The molecule has 0 atom stereocenters. The van der Waals surface area contributed by atoms with Crippen molar-refractivity contribution in [2.24, 2.45) is 0 Å². The summed E-state index contributed by atoms with van der Waals surface area (Å²) in [6, 6.07) is 0. The highest BCUT2D eigenvalue weighted by Crippen LogP contribution is 2.12. The van der Waals surface area contributed by atoms with Crippen molar-refractivity contribution in [3.05, 3.63) is 17.7 Å². The molecule has 0 fully saturated rings. The lowest BCUT2D eigenvalue weighted by atomic mass is 10.2. The molecule has 18 heavy (non-hydrogen) atoms. The first-order valence-electron chi connectivity index (χ1n) is 6.72. The van der Waals surface area contributed by atoms with E-state index < -0.39 is 0 Å². The van der Waals surface area contributed by atoms with Gasteiger partial charge in [0.1, 0.15) is 0 Å². The van der Waals surface area contributed by atoms with Gasteiger partial charge in [0, 0.05) is 45.5 Å². The minimum absolute atomic E-state index is 0.683. The minimum atomic E-state index is 0.683. The number of hydrogen-bond acceptors (Lipinski definition) is 4. The van der Waals surface area contributed by atoms with Crippen molar-refractivity contribution in [3.8, 4) is 0 Å². The lowest BCUT2D eigenvalue weighted by Crippen LogP contribution is -2.25. The molecule has 0 bridgehead atoms. The lowest BCUT2D eigenvalue weighted by molar-refractivity contribution is 0.0684. The van der Waals surface area contributed by atoms with E-state index in [2.05, 4.69) is 14.9 Å². The Morgan fingerprint density at radius 1 is 1.33 bits per heavy atom. The highest BCUT2D eigenvalue weighted by Gasteiger charge is 2.13. The van der Waals surface area contributed by atoms with Crippen LogP contribution in [0.25, 0.3) is 0 Å². The van der Waals surface area contributed by atoms with Gasteiger partial charge in [-0.15, -0.1) is 0 Å². The van der Waals surface area contributed by atoms with Crippen molar-refractivity contribution in [3.63, 3.8) is 0 Å². The van der Waals surface area contributed by atoms with Crippen LogP contribution >= 0.6 is 0 Å². The maximum absolute atomic E-state index is 5.45. The van der Waals surface area contributed by atoms with E-state index in [4.69, 9.17) is 9.47 Å². The van der Waals surface area contributed by atoms with Gasteiger partial charge in [0.15, 0.2) is 0 Å². The van der Waals surface area contributed by atoms with Gasteiger partial charge in [-0.3, -0.25) is 0 Å². The lowest BCUT2D eigenvalue weighted by Gasteiger charge is -2.15. The molecule has 0 amide bonds. The number of rotatable bonds is 8. The topological polar surface area (TPSA) is 48.3 Å². The summed E-state index contributed by atoms with van der Waals surface area (Å²) in [5, 5.41) is 3.34. The predicted octanol–water partition coefficient (Wildman–Crippen LogP) is 0.972. The van der Waals surface area contributed by atoms with Gasteiger partial charge in [-0.2, -0.15) is 0 Å². The van der Waals surface area contributed by atoms with Crippen LogP contribution in [0.1, 0.15) is 24.2 Å². The van der Waals surface area contributed by atoms with Crippen molar-refractivity contribution in [2.45, 2.75) is 32.4 Å². The molecular formula is C13H23N3O2. The fourth-order valence-electron chi connectivity index (χ4n) is 2.22. The summed E-state index contributed by atoms with van der Waals surface area (Å²) >= 11 is 0. The van der Waals surface area contributed by atoms with Crippen molar-refractivity contribution >= 4 is 0 Å². The molecule has 0 radical (unpaired) electrons. The van der Waals surface area contributed by atoms with Gasteiger partial charge >= 0.3 is 0 Å². The smallest absolute Gasteiger partial charge is 0.0952 e. The first kappa shape index (κ1) is 13.5. The Bertz CT molecular complexity index is 352. The van der Waals surface area contributed by atoms with E-state index in [1.54, 1.807) is 7.11 Å². The first-order valence-corrected chi connectivity index (χ1v) is 6.72. The number of unbranched alkanes of at least 4 members (excludes halogenated alkanes) is 1. The van der Waals surface area contributed by atoms with Crippen LogP contribution in [0.2, 0.25) is 0 Å². The van der Waals surface area contributed by atoms with Gasteiger partial charge in [-0.25, -0.2) is 4.98 Å².